The highest BCUT2D eigenvalue weighted by atomic mass is 32.2. The first-order valence-corrected chi connectivity index (χ1v) is 16.2. The molecule has 0 amide bonds. The molecule has 0 radical (unpaired) electrons. The van der Waals surface area contributed by atoms with Crippen molar-refractivity contribution in [3.05, 3.63) is 18.2 Å². The zero-order valence-electron chi connectivity index (χ0n) is 19.8. The Morgan fingerprint density at radius 2 is 1.67 bits per heavy atom. The minimum absolute atomic E-state index is 0.0928. The minimum Gasteiger partial charge on any atom is -0.416 e. The van der Waals surface area contributed by atoms with Crippen LogP contribution in [0.25, 0.3) is 0 Å². The molecule has 1 aromatic carbocycles. The quantitative estimate of drug-likeness (QED) is 0.331. The fourth-order valence-corrected chi connectivity index (χ4v) is 5.97. The Morgan fingerprint density at radius 3 is 2.15 bits per heavy atom. The molecule has 0 aromatic heterocycles. The molecular weight excluding hydrogens is 499 g/mol. The van der Waals surface area contributed by atoms with Crippen LogP contribution in [0.15, 0.2) is 28.0 Å². The third-order valence-corrected chi connectivity index (χ3v) is 12.8. The van der Waals surface area contributed by atoms with Gasteiger partial charge in [-0.2, -0.15) is 13.2 Å². The maximum atomic E-state index is 13.2. The Balaban J connectivity index is 2.83. The summed E-state index contributed by atoms with van der Waals surface area (Å²) in [6.45, 7) is 12.6. The number of likely N-dealkylation sites (N-methyl/N-ethyl adjacent to an activating group) is 1. The van der Waals surface area contributed by atoms with Gasteiger partial charge in [0.25, 0.3) is 9.84 Å². The van der Waals surface area contributed by atoms with Crippen LogP contribution in [0, 0.1) is 0 Å². The Hall–Kier alpha value is -1.19. The van der Waals surface area contributed by atoms with Gasteiger partial charge < -0.3 is 14.6 Å². The van der Waals surface area contributed by atoms with Crippen molar-refractivity contribution in [3.8, 4) is 0 Å². The van der Waals surface area contributed by atoms with Crippen LogP contribution in [-0.4, -0.2) is 68.9 Å². The summed E-state index contributed by atoms with van der Waals surface area (Å²) in [6, 6.07) is 2.93. The van der Waals surface area contributed by atoms with Gasteiger partial charge in [0.2, 0.25) is 10.0 Å². The first-order chi connectivity index (χ1) is 14.7. The fourth-order valence-electron chi connectivity index (χ4n) is 2.63. The average molecular weight is 534 g/mol. The van der Waals surface area contributed by atoms with Crippen molar-refractivity contribution in [2.45, 2.75) is 60.6 Å². The number of sulfonamides is 1. The zero-order chi connectivity index (χ0) is 25.9. The standard InChI is InChI=1S/C19H34F3N3O5S2Si/c1-18(2,3)33(5,6)30-14-13-25(4)12-8-11-24-15-9-7-10-16(32(23,28)29)17(15)31(26,27)19(20,21)22/h7,9-10,24H,8,11-14H2,1-6H3,(H2,23,28,29). The van der Waals surface area contributed by atoms with Crippen molar-refractivity contribution in [1.82, 2.24) is 4.90 Å². The van der Waals surface area contributed by atoms with E-state index < -0.39 is 49.2 Å². The number of alkyl halides is 3. The van der Waals surface area contributed by atoms with E-state index in [4.69, 9.17) is 9.56 Å². The van der Waals surface area contributed by atoms with E-state index in [1.807, 2.05) is 11.9 Å². The molecule has 0 heterocycles. The van der Waals surface area contributed by atoms with Crippen LogP contribution in [-0.2, 0) is 24.3 Å². The lowest BCUT2D eigenvalue weighted by molar-refractivity contribution is -0.0437. The average Bonchev–Trinajstić information content (AvgIpc) is 2.62. The van der Waals surface area contributed by atoms with E-state index >= 15 is 0 Å². The van der Waals surface area contributed by atoms with Gasteiger partial charge in [-0.05, 0) is 50.3 Å². The molecule has 3 N–H and O–H groups in total. The van der Waals surface area contributed by atoms with Gasteiger partial charge in [-0.15, -0.1) is 0 Å². The maximum Gasteiger partial charge on any atom is 0.502 e. The molecule has 0 aliphatic carbocycles. The SMILES string of the molecule is CN(CCCNc1cccc(S(N)(=O)=O)c1S(=O)(=O)C(F)(F)F)CCO[Si](C)(C)C(C)(C)C. The number of anilines is 1. The highest BCUT2D eigenvalue weighted by Gasteiger charge is 2.50. The molecule has 0 aliphatic heterocycles. The lowest BCUT2D eigenvalue weighted by Gasteiger charge is -2.36. The summed E-state index contributed by atoms with van der Waals surface area (Å²) < 4.78 is 93.2. The summed E-state index contributed by atoms with van der Waals surface area (Å²) >= 11 is 0. The van der Waals surface area contributed by atoms with Crippen LogP contribution >= 0.6 is 0 Å². The fraction of sp³-hybridized carbons (Fsp3) is 0.684. The van der Waals surface area contributed by atoms with Gasteiger partial charge in [0, 0.05) is 19.7 Å². The number of benzene rings is 1. The predicted molar refractivity (Wildman–Crippen MR) is 125 cm³/mol. The molecule has 0 saturated carbocycles. The second kappa shape index (κ2) is 10.6. The Morgan fingerprint density at radius 1 is 1.09 bits per heavy atom. The van der Waals surface area contributed by atoms with E-state index in [0.717, 1.165) is 18.2 Å². The minimum atomic E-state index is -5.96. The molecule has 14 heteroatoms. The van der Waals surface area contributed by atoms with Gasteiger partial charge in [0.1, 0.15) is 9.79 Å². The van der Waals surface area contributed by atoms with E-state index in [-0.39, 0.29) is 11.6 Å². The van der Waals surface area contributed by atoms with Gasteiger partial charge in [-0.1, -0.05) is 26.8 Å². The van der Waals surface area contributed by atoms with Crippen molar-refractivity contribution < 1.29 is 34.4 Å². The molecular formula is C19H34F3N3O5S2Si. The van der Waals surface area contributed by atoms with Crippen molar-refractivity contribution >= 4 is 33.9 Å². The molecule has 0 saturated heterocycles. The number of hydrogen-bond donors (Lipinski definition) is 2. The maximum absolute atomic E-state index is 13.2. The van der Waals surface area contributed by atoms with Crippen LogP contribution in [0.3, 0.4) is 0 Å². The van der Waals surface area contributed by atoms with Crippen LogP contribution in [0.4, 0.5) is 18.9 Å². The summed E-state index contributed by atoms with van der Waals surface area (Å²) in [5, 5.41) is 7.66. The molecule has 0 fully saturated rings. The summed E-state index contributed by atoms with van der Waals surface area (Å²) in [6.07, 6.45) is 0.460. The number of nitrogens with one attached hydrogen (secondary N) is 1. The first kappa shape index (κ1) is 29.8. The normalized spacial score (nSPS) is 14.0. The van der Waals surface area contributed by atoms with Crippen LogP contribution < -0.4 is 10.5 Å². The number of rotatable bonds is 11. The number of halogens is 3. The van der Waals surface area contributed by atoms with Gasteiger partial charge in [-0.25, -0.2) is 22.0 Å². The van der Waals surface area contributed by atoms with Gasteiger partial charge in [-0.3, -0.25) is 0 Å². The lowest BCUT2D eigenvalue weighted by Crippen LogP contribution is -2.42. The Kier molecular flexibility index (Phi) is 9.59. The number of nitrogens with zero attached hydrogens (tertiary/aromatic N) is 1. The highest BCUT2D eigenvalue weighted by Crippen LogP contribution is 2.38. The third kappa shape index (κ3) is 7.92. The monoisotopic (exact) mass is 533 g/mol. The molecule has 0 spiro atoms. The largest absolute Gasteiger partial charge is 0.502 e. The highest BCUT2D eigenvalue weighted by molar-refractivity contribution is 7.94. The van der Waals surface area contributed by atoms with E-state index in [1.165, 1.54) is 0 Å². The van der Waals surface area contributed by atoms with Gasteiger partial charge in [0.15, 0.2) is 8.32 Å². The Labute approximate surface area is 195 Å². The van der Waals surface area contributed by atoms with Crippen LogP contribution in [0.1, 0.15) is 27.2 Å². The predicted octanol–water partition coefficient (Wildman–Crippen LogP) is 3.38. The summed E-state index contributed by atoms with van der Waals surface area (Å²) in [7, 11) is -10.7. The van der Waals surface area contributed by atoms with E-state index in [2.05, 4.69) is 39.2 Å². The van der Waals surface area contributed by atoms with Gasteiger partial charge in [0.05, 0.1) is 5.69 Å². The number of nitrogens with two attached hydrogens (primary N) is 1. The first-order valence-electron chi connectivity index (χ1n) is 10.3. The molecule has 0 atom stereocenters. The summed E-state index contributed by atoms with van der Waals surface area (Å²) in [4.78, 5) is -0.510. The molecule has 192 valence electrons. The van der Waals surface area contributed by atoms with Crippen molar-refractivity contribution in [3.63, 3.8) is 0 Å². The molecule has 33 heavy (non-hydrogen) atoms. The van der Waals surface area contributed by atoms with E-state index in [9.17, 15) is 30.0 Å². The summed E-state index contributed by atoms with van der Waals surface area (Å²) in [5.41, 5.74) is -6.16. The summed E-state index contributed by atoms with van der Waals surface area (Å²) in [5.74, 6) is 0. The van der Waals surface area contributed by atoms with Crippen molar-refractivity contribution in [2.75, 3.05) is 38.6 Å². The third-order valence-electron chi connectivity index (χ3n) is 5.63. The lowest BCUT2D eigenvalue weighted by atomic mass is 10.2. The Bertz CT molecular complexity index is 1020. The number of sulfone groups is 1. The number of primary sulfonamides is 1. The molecule has 1 rings (SSSR count). The molecule has 0 aliphatic rings. The second-order valence-electron chi connectivity index (χ2n) is 9.32. The number of hydrogen-bond acceptors (Lipinski definition) is 7. The van der Waals surface area contributed by atoms with Crippen LogP contribution in [0.5, 0.6) is 0 Å². The molecule has 1 aromatic rings. The molecule has 8 nitrogen and oxygen atoms in total. The zero-order valence-corrected chi connectivity index (χ0v) is 22.4. The van der Waals surface area contributed by atoms with Gasteiger partial charge >= 0.3 is 5.51 Å². The van der Waals surface area contributed by atoms with Crippen molar-refractivity contribution in [1.29, 1.82) is 0 Å². The second-order valence-corrected chi connectivity index (χ2v) is 17.5. The molecule has 0 bridgehead atoms. The van der Waals surface area contributed by atoms with Crippen molar-refractivity contribution in [2.24, 2.45) is 5.14 Å². The van der Waals surface area contributed by atoms with E-state index in [0.29, 0.717) is 26.1 Å². The topological polar surface area (TPSA) is 119 Å². The molecule has 0 unspecified atom stereocenters. The van der Waals surface area contributed by atoms with Crippen LogP contribution in [0.2, 0.25) is 18.1 Å². The van der Waals surface area contributed by atoms with E-state index in [1.54, 1.807) is 0 Å². The smallest absolute Gasteiger partial charge is 0.416 e.